The van der Waals surface area contributed by atoms with Crippen molar-refractivity contribution in [3.8, 4) is 12.3 Å². The van der Waals surface area contributed by atoms with Crippen LogP contribution in [0.4, 0.5) is 0 Å². The summed E-state index contributed by atoms with van der Waals surface area (Å²) >= 11 is 0.863. The summed E-state index contributed by atoms with van der Waals surface area (Å²) < 4.78 is 24.6. The van der Waals surface area contributed by atoms with Crippen molar-refractivity contribution in [2.24, 2.45) is 0 Å². The predicted octanol–water partition coefficient (Wildman–Crippen LogP) is 0.700. The van der Waals surface area contributed by atoms with Crippen molar-refractivity contribution < 1.29 is 18.3 Å². The van der Waals surface area contributed by atoms with Crippen LogP contribution in [0.2, 0.25) is 0 Å². The van der Waals surface area contributed by atoms with Gasteiger partial charge in [-0.05, 0) is 6.07 Å². The summed E-state index contributed by atoms with van der Waals surface area (Å²) in [4.78, 5) is 10.5. The van der Waals surface area contributed by atoms with E-state index in [1.807, 2.05) is 0 Å². The number of carboxylic acids is 1. The number of hydrogen-bond donors (Lipinski definition) is 1. The molecule has 0 amide bonds. The molecule has 86 valence electrons. The Kier molecular flexibility index (Phi) is 3.70. The number of thiophene rings is 1. The van der Waals surface area contributed by atoms with Crippen LogP contribution in [0.5, 0.6) is 0 Å². The Labute approximate surface area is 97.4 Å². The second-order valence-corrected chi connectivity index (χ2v) is 5.87. The van der Waals surface area contributed by atoms with Gasteiger partial charge in [-0.25, -0.2) is 13.2 Å². The van der Waals surface area contributed by atoms with E-state index in [-0.39, 0.29) is 16.3 Å². The van der Waals surface area contributed by atoms with E-state index in [0.717, 1.165) is 21.7 Å². The molecule has 0 bridgehead atoms. The molecule has 0 fully saturated rings. The molecule has 1 rings (SSSR count). The first-order valence-electron chi connectivity index (χ1n) is 4.11. The highest BCUT2D eigenvalue weighted by atomic mass is 32.2. The molecule has 0 aliphatic rings. The number of rotatable bonds is 4. The molecule has 1 aromatic heterocycles. The van der Waals surface area contributed by atoms with Crippen molar-refractivity contribution in [3.05, 3.63) is 16.3 Å². The summed E-state index contributed by atoms with van der Waals surface area (Å²) in [5.41, 5.74) is 0. The topological polar surface area (TPSA) is 74.7 Å². The van der Waals surface area contributed by atoms with Crippen molar-refractivity contribution in [1.29, 1.82) is 0 Å². The summed E-state index contributed by atoms with van der Waals surface area (Å²) in [6.45, 7) is -0.0550. The third-order valence-electron chi connectivity index (χ3n) is 1.81. The number of sulfonamides is 1. The van der Waals surface area contributed by atoms with Crippen LogP contribution in [0.25, 0.3) is 0 Å². The zero-order chi connectivity index (χ0) is 12.3. The monoisotopic (exact) mass is 259 g/mol. The van der Waals surface area contributed by atoms with Crippen molar-refractivity contribution in [2.45, 2.75) is 4.90 Å². The smallest absolute Gasteiger partial charge is 0.345 e. The van der Waals surface area contributed by atoms with Gasteiger partial charge >= 0.3 is 5.97 Å². The molecule has 1 N–H and O–H groups in total. The molecular weight excluding hydrogens is 250 g/mol. The maximum absolute atomic E-state index is 11.8. The van der Waals surface area contributed by atoms with Gasteiger partial charge in [0.05, 0.1) is 11.4 Å². The highest BCUT2D eigenvalue weighted by molar-refractivity contribution is 7.89. The fourth-order valence-corrected chi connectivity index (χ4v) is 3.14. The van der Waals surface area contributed by atoms with Crippen LogP contribution >= 0.6 is 11.3 Å². The van der Waals surface area contributed by atoms with Crippen LogP contribution in [0, 0.1) is 12.3 Å². The van der Waals surface area contributed by atoms with E-state index in [0.29, 0.717) is 0 Å². The average Bonchev–Trinajstić information content (AvgIpc) is 2.67. The lowest BCUT2D eigenvalue weighted by molar-refractivity contribution is 0.0702. The zero-order valence-electron chi connectivity index (χ0n) is 8.37. The van der Waals surface area contributed by atoms with E-state index >= 15 is 0 Å². The number of nitrogens with zero attached hydrogens (tertiary/aromatic N) is 1. The molecule has 0 saturated carbocycles. The van der Waals surface area contributed by atoms with Gasteiger partial charge in [0.2, 0.25) is 10.0 Å². The molecule has 0 atom stereocenters. The Hall–Kier alpha value is -1.36. The highest BCUT2D eigenvalue weighted by Crippen LogP contribution is 2.21. The molecule has 0 radical (unpaired) electrons. The van der Waals surface area contributed by atoms with Crippen molar-refractivity contribution in [2.75, 3.05) is 13.6 Å². The van der Waals surface area contributed by atoms with Gasteiger partial charge in [-0.3, -0.25) is 0 Å². The Balaban J connectivity index is 3.09. The fraction of sp³-hybridized carbons (Fsp3) is 0.222. The Morgan fingerprint density at radius 3 is 2.75 bits per heavy atom. The van der Waals surface area contributed by atoms with E-state index in [1.54, 1.807) is 0 Å². The molecule has 0 aliphatic carbocycles. The predicted molar refractivity (Wildman–Crippen MR) is 59.9 cm³/mol. The van der Waals surface area contributed by atoms with E-state index < -0.39 is 16.0 Å². The number of carbonyl (C=O) groups is 1. The van der Waals surface area contributed by atoms with Gasteiger partial charge in [0.1, 0.15) is 4.88 Å². The SMILES string of the molecule is C#CCN(C)S(=O)(=O)c1csc(C(=O)O)c1. The zero-order valence-corrected chi connectivity index (χ0v) is 10.0. The minimum absolute atomic E-state index is 0.0207. The second kappa shape index (κ2) is 4.65. The van der Waals surface area contributed by atoms with Crippen molar-refractivity contribution in [1.82, 2.24) is 4.31 Å². The summed E-state index contributed by atoms with van der Waals surface area (Å²) in [5.74, 6) is 1.06. The van der Waals surface area contributed by atoms with Gasteiger partial charge in [0.15, 0.2) is 0 Å². The van der Waals surface area contributed by atoms with E-state index in [9.17, 15) is 13.2 Å². The summed E-state index contributed by atoms with van der Waals surface area (Å²) in [5, 5.41) is 9.96. The van der Waals surface area contributed by atoms with Crippen molar-refractivity contribution >= 4 is 27.3 Å². The van der Waals surface area contributed by atoms with Gasteiger partial charge in [0, 0.05) is 12.4 Å². The third kappa shape index (κ3) is 2.41. The standard InChI is InChI=1S/C9H9NO4S2/c1-3-4-10(2)16(13,14)7-5-8(9(11)12)15-6-7/h1,5-6H,4H2,2H3,(H,11,12). The number of terminal acetylenes is 1. The Morgan fingerprint density at radius 1 is 1.69 bits per heavy atom. The van der Waals surface area contributed by atoms with E-state index in [4.69, 9.17) is 11.5 Å². The molecule has 0 unspecified atom stereocenters. The second-order valence-electron chi connectivity index (χ2n) is 2.92. The van der Waals surface area contributed by atoms with Gasteiger partial charge in [-0.15, -0.1) is 17.8 Å². The minimum Gasteiger partial charge on any atom is -0.477 e. The largest absolute Gasteiger partial charge is 0.477 e. The van der Waals surface area contributed by atoms with Gasteiger partial charge in [-0.2, -0.15) is 4.31 Å². The molecule has 16 heavy (non-hydrogen) atoms. The van der Waals surface area contributed by atoms with Crippen LogP contribution in [0.1, 0.15) is 9.67 Å². The molecule has 1 heterocycles. The van der Waals surface area contributed by atoms with Crippen LogP contribution in [-0.4, -0.2) is 37.4 Å². The molecule has 0 spiro atoms. The Morgan fingerprint density at radius 2 is 2.31 bits per heavy atom. The molecule has 1 aromatic rings. The quantitative estimate of drug-likeness (QED) is 0.808. The van der Waals surface area contributed by atoms with Crippen LogP contribution in [0.15, 0.2) is 16.3 Å². The maximum atomic E-state index is 11.8. The first kappa shape index (κ1) is 12.7. The lowest BCUT2D eigenvalue weighted by Crippen LogP contribution is -2.26. The van der Waals surface area contributed by atoms with Gasteiger partial charge in [0.25, 0.3) is 0 Å². The van der Waals surface area contributed by atoms with Gasteiger partial charge in [-0.1, -0.05) is 5.92 Å². The minimum atomic E-state index is -3.68. The average molecular weight is 259 g/mol. The summed E-state index contributed by atoms with van der Waals surface area (Å²) in [6.07, 6.45) is 5.01. The number of aromatic carboxylic acids is 1. The van der Waals surface area contributed by atoms with Gasteiger partial charge < -0.3 is 5.11 Å². The fourth-order valence-electron chi connectivity index (χ4n) is 0.960. The molecule has 0 saturated heterocycles. The first-order valence-corrected chi connectivity index (χ1v) is 6.43. The normalized spacial score (nSPS) is 11.3. The lowest BCUT2D eigenvalue weighted by atomic mass is 10.5. The summed E-state index contributed by atoms with van der Waals surface area (Å²) in [6, 6.07) is 1.12. The summed E-state index contributed by atoms with van der Waals surface area (Å²) in [7, 11) is -2.34. The van der Waals surface area contributed by atoms with E-state index in [2.05, 4.69) is 5.92 Å². The van der Waals surface area contributed by atoms with Crippen LogP contribution in [0.3, 0.4) is 0 Å². The van der Waals surface area contributed by atoms with Crippen LogP contribution in [-0.2, 0) is 10.0 Å². The lowest BCUT2D eigenvalue weighted by Gasteiger charge is -2.12. The first-order chi connectivity index (χ1) is 7.39. The highest BCUT2D eigenvalue weighted by Gasteiger charge is 2.22. The molecule has 7 heteroatoms. The molecular formula is C9H9NO4S2. The number of carboxylic acid groups (broad SMARTS) is 1. The number of hydrogen-bond acceptors (Lipinski definition) is 4. The van der Waals surface area contributed by atoms with Crippen LogP contribution < -0.4 is 0 Å². The maximum Gasteiger partial charge on any atom is 0.345 e. The third-order valence-corrected chi connectivity index (χ3v) is 4.66. The Bertz CT molecular complexity index is 538. The van der Waals surface area contributed by atoms with Crippen molar-refractivity contribution in [3.63, 3.8) is 0 Å². The molecule has 0 aliphatic heterocycles. The molecule has 0 aromatic carbocycles. The van der Waals surface area contributed by atoms with E-state index in [1.165, 1.54) is 12.4 Å². The molecule has 5 nitrogen and oxygen atoms in total.